The van der Waals surface area contributed by atoms with Gasteiger partial charge in [0.15, 0.2) is 11.9 Å². The van der Waals surface area contributed by atoms with Crippen LogP contribution in [-0.4, -0.2) is 88.1 Å². The van der Waals surface area contributed by atoms with E-state index in [0.29, 0.717) is 22.4 Å². The number of aromatic nitrogens is 1. The van der Waals surface area contributed by atoms with E-state index >= 15 is 0 Å². The number of phenols is 1. The van der Waals surface area contributed by atoms with Gasteiger partial charge in [-0.2, -0.15) is 0 Å². The molecule has 0 saturated carbocycles. The van der Waals surface area contributed by atoms with Crippen LogP contribution < -0.4 is 10.6 Å². The molecule has 0 fully saturated rings. The third-order valence-electron chi connectivity index (χ3n) is 7.43. The maximum atomic E-state index is 14.1. The van der Waals surface area contributed by atoms with Gasteiger partial charge in [0.1, 0.15) is 22.8 Å². The zero-order valence-corrected chi connectivity index (χ0v) is 22.2. The van der Waals surface area contributed by atoms with Crippen molar-refractivity contribution in [2.75, 3.05) is 33.1 Å². The number of primary amides is 1. The smallest absolute Gasteiger partial charge is 0.255 e. The summed E-state index contributed by atoms with van der Waals surface area (Å²) in [4.78, 5) is 46.8. The van der Waals surface area contributed by atoms with E-state index in [1.54, 1.807) is 63.7 Å². The summed E-state index contributed by atoms with van der Waals surface area (Å²) in [5.41, 5.74) is 6.39. The minimum Gasteiger partial charge on any atom is -0.510 e. The maximum absolute atomic E-state index is 14.1. The number of Topliss-reactive ketones (excluding diaryl/α,β-unsaturated/α-hetero) is 2. The zero-order valence-electron chi connectivity index (χ0n) is 22.2. The number of aromatic hydroxyl groups is 1. The molecule has 1 amide bonds. The first-order valence-electron chi connectivity index (χ1n) is 12.4. The van der Waals surface area contributed by atoms with E-state index in [4.69, 9.17) is 5.73 Å². The van der Waals surface area contributed by atoms with E-state index in [1.165, 1.54) is 0 Å². The van der Waals surface area contributed by atoms with Gasteiger partial charge in [-0.1, -0.05) is 6.07 Å². The molecule has 0 bridgehead atoms. The molecule has 1 aromatic carbocycles. The van der Waals surface area contributed by atoms with Crippen molar-refractivity contribution in [3.05, 3.63) is 64.4 Å². The summed E-state index contributed by atoms with van der Waals surface area (Å²) < 4.78 is 0. The number of allylic oxidation sites excluding steroid dienone is 1. The number of aliphatic hydroxyl groups is 3. The summed E-state index contributed by atoms with van der Waals surface area (Å²) in [6.07, 6.45) is 1.43. The molecule has 39 heavy (non-hydrogen) atoms. The molecule has 0 aliphatic heterocycles. The molecule has 2 aliphatic rings. The van der Waals surface area contributed by atoms with Crippen LogP contribution in [0.15, 0.2) is 53.3 Å². The fourth-order valence-electron chi connectivity index (χ4n) is 5.48. The minimum atomic E-state index is -2.32. The lowest BCUT2D eigenvalue weighted by Crippen LogP contribution is -2.40. The topological polar surface area (TPSA) is 178 Å². The standard InChI is InChI=1S/C28H32N4O7/c1-31(2)17-8-7-13-10-16-18(32(3)4)11-15(14-6-5-9-30-12-14)22(33)20(16)24(35)19(13)25(36)27(38)26(37)21(23(17)34)28(29)39/h5-6,9,11-13,17,27,33-34,36,38H,7-8,10H2,1-4H3,(H2,29,39)/b23-21-,25-19-/t13-,17+,27+/m1/s1. The van der Waals surface area contributed by atoms with Crippen LogP contribution in [0.2, 0.25) is 0 Å². The second kappa shape index (κ2) is 10.5. The molecule has 1 heterocycles. The number of hydrogen-bond acceptors (Lipinski definition) is 10. The van der Waals surface area contributed by atoms with Crippen molar-refractivity contribution in [2.24, 2.45) is 11.7 Å². The van der Waals surface area contributed by atoms with Gasteiger partial charge in [-0.25, -0.2) is 0 Å². The number of hydrogen-bond donors (Lipinski definition) is 5. The van der Waals surface area contributed by atoms with Gasteiger partial charge in [0.25, 0.3) is 5.91 Å². The average Bonchev–Trinajstić information content (AvgIpc) is 2.87. The number of phenolic OH excluding ortho intramolecular Hbond substituents is 1. The maximum Gasteiger partial charge on any atom is 0.255 e. The fourth-order valence-corrected chi connectivity index (χ4v) is 5.48. The van der Waals surface area contributed by atoms with Crippen LogP contribution in [0.3, 0.4) is 0 Å². The normalized spacial score (nSPS) is 25.7. The van der Waals surface area contributed by atoms with E-state index in [-0.39, 0.29) is 36.1 Å². The molecule has 1 aromatic heterocycles. The van der Waals surface area contributed by atoms with Crippen LogP contribution in [0, 0.1) is 5.92 Å². The molecular weight excluding hydrogens is 504 g/mol. The average molecular weight is 537 g/mol. The highest BCUT2D eigenvalue weighted by molar-refractivity contribution is 6.22. The van der Waals surface area contributed by atoms with E-state index in [1.807, 2.05) is 4.90 Å². The second-order valence-electron chi connectivity index (χ2n) is 10.3. The van der Waals surface area contributed by atoms with Crippen LogP contribution >= 0.6 is 0 Å². The Bertz CT molecular complexity index is 1410. The molecule has 2 aromatic rings. The Morgan fingerprint density at radius 1 is 1.08 bits per heavy atom. The number of likely N-dealkylation sites (N-methyl/N-ethyl adjacent to an activating group) is 1. The van der Waals surface area contributed by atoms with Crippen molar-refractivity contribution in [3.63, 3.8) is 0 Å². The Kier molecular flexibility index (Phi) is 7.49. The van der Waals surface area contributed by atoms with Crippen LogP contribution in [-0.2, 0) is 16.0 Å². The minimum absolute atomic E-state index is 0.0489. The lowest BCUT2D eigenvalue weighted by Gasteiger charge is -2.34. The summed E-state index contributed by atoms with van der Waals surface area (Å²) in [6, 6.07) is 4.37. The molecule has 11 heteroatoms. The van der Waals surface area contributed by atoms with E-state index < -0.39 is 52.6 Å². The highest BCUT2D eigenvalue weighted by atomic mass is 16.3. The lowest BCUT2D eigenvalue weighted by molar-refractivity contribution is -0.126. The first-order valence-corrected chi connectivity index (χ1v) is 12.4. The van der Waals surface area contributed by atoms with Gasteiger partial charge in [0.2, 0.25) is 5.78 Å². The number of carbonyl (C=O) groups excluding carboxylic acids is 3. The third kappa shape index (κ3) is 4.75. The number of pyridine rings is 1. The van der Waals surface area contributed by atoms with Gasteiger partial charge in [-0.05, 0) is 57.0 Å². The van der Waals surface area contributed by atoms with Crippen molar-refractivity contribution in [2.45, 2.75) is 31.4 Å². The van der Waals surface area contributed by atoms with Crippen LogP contribution in [0.25, 0.3) is 11.1 Å². The first kappa shape index (κ1) is 27.8. The van der Waals surface area contributed by atoms with E-state index in [2.05, 4.69) is 4.98 Å². The quantitative estimate of drug-likeness (QED) is 0.361. The highest BCUT2D eigenvalue weighted by Crippen LogP contribution is 2.47. The summed E-state index contributed by atoms with van der Waals surface area (Å²) >= 11 is 0. The zero-order chi connectivity index (χ0) is 28.8. The largest absolute Gasteiger partial charge is 0.510 e. The van der Waals surface area contributed by atoms with Gasteiger partial charge in [0, 0.05) is 48.9 Å². The Morgan fingerprint density at radius 3 is 2.33 bits per heavy atom. The third-order valence-corrected chi connectivity index (χ3v) is 7.43. The molecular formula is C28H32N4O7. The Hall–Kier alpha value is -4.22. The van der Waals surface area contributed by atoms with E-state index in [9.17, 15) is 34.8 Å². The summed E-state index contributed by atoms with van der Waals surface area (Å²) in [5.74, 6) is -5.86. The molecule has 0 spiro atoms. The number of anilines is 1. The Balaban J connectivity index is 1.97. The number of carbonyl (C=O) groups is 3. The fraction of sp³-hybridized carbons (Fsp3) is 0.357. The van der Waals surface area contributed by atoms with Crippen LogP contribution in [0.5, 0.6) is 5.75 Å². The molecule has 0 radical (unpaired) electrons. The SMILES string of the molecule is CN(C)c1cc(-c2cccnc2)c(O)c2c1C[C@H]1CC[C@H](N(C)C)/C(O)=C(/C(N)=O)C(=O)[C@@H](O)/C(O)=C\1C2=O. The van der Waals surface area contributed by atoms with E-state index in [0.717, 1.165) is 0 Å². The summed E-state index contributed by atoms with van der Waals surface area (Å²) in [7, 11) is 6.89. The number of rotatable bonds is 4. The van der Waals surface area contributed by atoms with Gasteiger partial charge in [-0.3, -0.25) is 24.3 Å². The van der Waals surface area contributed by atoms with Gasteiger partial charge in [0.05, 0.1) is 11.6 Å². The predicted octanol–water partition coefficient (Wildman–Crippen LogP) is 1.64. The van der Waals surface area contributed by atoms with Crippen molar-refractivity contribution in [1.82, 2.24) is 9.88 Å². The molecule has 206 valence electrons. The highest BCUT2D eigenvalue weighted by Gasteiger charge is 2.43. The van der Waals surface area contributed by atoms with Crippen molar-refractivity contribution < 1.29 is 34.8 Å². The number of amides is 1. The summed E-state index contributed by atoms with van der Waals surface area (Å²) in [6.45, 7) is 0. The first-order chi connectivity index (χ1) is 18.4. The van der Waals surface area contributed by atoms with Crippen molar-refractivity contribution in [1.29, 1.82) is 0 Å². The van der Waals surface area contributed by atoms with Crippen LogP contribution in [0.1, 0.15) is 28.8 Å². The van der Waals surface area contributed by atoms with Crippen molar-refractivity contribution >= 4 is 23.2 Å². The van der Waals surface area contributed by atoms with Crippen LogP contribution in [0.4, 0.5) is 5.69 Å². The summed E-state index contributed by atoms with van der Waals surface area (Å²) in [5, 5.41) is 44.1. The molecule has 0 saturated heterocycles. The Morgan fingerprint density at radius 2 is 1.77 bits per heavy atom. The lowest BCUT2D eigenvalue weighted by atomic mass is 9.73. The molecule has 4 rings (SSSR count). The number of aliphatic hydroxyl groups excluding tert-OH is 3. The number of fused-ring (bicyclic) bond motifs is 2. The predicted molar refractivity (Wildman–Crippen MR) is 143 cm³/mol. The molecule has 11 nitrogen and oxygen atoms in total. The molecule has 6 N–H and O–H groups in total. The monoisotopic (exact) mass is 536 g/mol. The number of nitrogens with zero attached hydrogens (tertiary/aromatic N) is 3. The number of benzene rings is 1. The number of nitrogens with two attached hydrogens (primary N) is 1. The van der Waals surface area contributed by atoms with Crippen molar-refractivity contribution in [3.8, 4) is 16.9 Å². The molecule has 3 atom stereocenters. The van der Waals surface area contributed by atoms with Gasteiger partial charge in [-0.15, -0.1) is 0 Å². The molecule has 0 unspecified atom stereocenters. The molecule has 2 aliphatic carbocycles. The van der Waals surface area contributed by atoms with Gasteiger partial charge >= 0.3 is 0 Å². The Labute approximate surface area is 225 Å². The van der Waals surface area contributed by atoms with Gasteiger partial charge < -0.3 is 31.1 Å². The number of ketones is 2. The second-order valence-corrected chi connectivity index (χ2v) is 10.3.